The number of pyridine rings is 1. The first-order chi connectivity index (χ1) is 8.20. The second-order valence-electron chi connectivity index (χ2n) is 3.06. The van der Waals surface area contributed by atoms with Crippen LogP contribution >= 0.6 is 15.9 Å². The number of nitrogens with two attached hydrogens (primary N) is 1. The maximum absolute atomic E-state index is 11.9. The Labute approximate surface area is 104 Å². The van der Waals surface area contributed by atoms with Gasteiger partial charge in [-0.1, -0.05) is 5.16 Å². The number of hydrogen-bond acceptors (Lipinski definition) is 6. The minimum absolute atomic E-state index is 0.280. The third kappa shape index (κ3) is 2.60. The number of nitrogen functional groups attached to an aromatic ring is 1. The molecule has 0 saturated carbocycles. The number of amides is 1. The second kappa shape index (κ2) is 4.93. The van der Waals surface area contributed by atoms with Gasteiger partial charge in [0, 0.05) is 10.7 Å². The summed E-state index contributed by atoms with van der Waals surface area (Å²) in [5, 5.41) is 6.06. The molecular formula is C9H8BrN5O2. The van der Waals surface area contributed by atoms with Crippen LogP contribution in [0, 0.1) is 0 Å². The number of carbonyl (C=O) groups is 1. The summed E-state index contributed by atoms with van der Waals surface area (Å²) in [6, 6.07) is 1.60. The van der Waals surface area contributed by atoms with E-state index in [0.717, 1.165) is 0 Å². The lowest BCUT2D eigenvalue weighted by molar-refractivity contribution is 0.102. The fourth-order valence-corrected chi connectivity index (χ4v) is 1.52. The highest BCUT2D eigenvalue weighted by atomic mass is 79.9. The number of nitrogens with zero attached hydrogens (tertiary/aromatic N) is 2. The van der Waals surface area contributed by atoms with Crippen molar-refractivity contribution < 1.29 is 9.32 Å². The molecule has 0 aliphatic rings. The van der Waals surface area contributed by atoms with Crippen LogP contribution in [0.15, 0.2) is 33.7 Å². The van der Waals surface area contributed by atoms with Crippen molar-refractivity contribution in [3.8, 4) is 0 Å². The van der Waals surface area contributed by atoms with E-state index in [1.54, 1.807) is 6.07 Å². The number of rotatable bonds is 3. The van der Waals surface area contributed by atoms with E-state index >= 15 is 0 Å². The van der Waals surface area contributed by atoms with Gasteiger partial charge in [0.1, 0.15) is 12.0 Å². The van der Waals surface area contributed by atoms with Gasteiger partial charge in [-0.3, -0.25) is 4.79 Å². The average molecular weight is 298 g/mol. The lowest BCUT2D eigenvalue weighted by Crippen LogP contribution is -2.18. The van der Waals surface area contributed by atoms with Crippen LogP contribution in [-0.4, -0.2) is 16.0 Å². The Morgan fingerprint density at radius 2 is 2.29 bits per heavy atom. The van der Waals surface area contributed by atoms with Gasteiger partial charge >= 0.3 is 0 Å². The highest BCUT2D eigenvalue weighted by Crippen LogP contribution is 2.18. The number of nitrogens with one attached hydrogen (secondary N) is 2. The predicted octanol–water partition coefficient (Wildman–Crippen LogP) is 1.37. The Morgan fingerprint density at radius 3 is 2.94 bits per heavy atom. The quantitative estimate of drug-likeness (QED) is 0.583. The Bertz CT molecular complexity index is 528. The summed E-state index contributed by atoms with van der Waals surface area (Å²) in [7, 11) is 0. The summed E-state index contributed by atoms with van der Waals surface area (Å²) in [5.41, 5.74) is 3.12. The van der Waals surface area contributed by atoms with Crippen LogP contribution < -0.4 is 16.6 Å². The molecule has 8 heteroatoms. The third-order valence-corrected chi connectivity index (χ3v) is 2.36. The van der Waals surface area contributed by atoms with Gasteiger partial charge in [0.2, 0.25) is 0 Å². The predicted molar refractivity (Wildman–Crippen MR) is 64.2 cm³/mol. The molecule has 0 fully saturated rings. The lowest BCUT2D eigenvalue weighted by Gasteiger charge is -2.07. The van der Waals surface area contributed by atoms with E-state index in [4.69, 9.17) is 5.84 Å². The molecule has 0 radical (unpaired) electrons. The fourth-order valence-electron chi connectivity index (χ4n) is 1.19. The summed E-state index contributed by atoms with van der Waals surface area (Å²) in [4.78, 5) is 15.9. The highest BCUT2D eigenvalue weighted by molar-refractivity contribution is 9.10. The lowest BCUT2D eigenvalue weighted by atomic mass is 10.2. The van der Waals surface area contributed by atoms with E-state index in [1.165, 1.54) is 18.7 Å². The number of halogens is 1. The zero-order chi connectivity index (χ0) is 12.3. The molecule has 0 aromatic carbocycles. The molecule has 2 rings (SSSR count). The smallest absolute Gasteiger partial charge is 0.259 e. The van der Waals surface area contributed by atoms with Crippen molar-refractivity contribution in [1.29, 1.82) is 0 Å². The Hall–Kier alpha value is -1.93. The number of hydrazine groups is 1. The number of anilines is 2. The second-order valence-corrected chi connectivity index (χ2v) is 3.98. The molecule has 17 heavy (non-hydrogen) atoms. The van der Waals surface area contributed by atoms with E-state index in [2.05, 4.69) is 41.3 Å². The van der Waals surface area contributed by atoms with Crippen molar-refractivity contribution >= 4 is 33.3 Å². The van der Waals surface area contributed by atoms with Crippen LogP contribution in [0.25, 0.3) is 0 Å². The van der Waals surface area contributed by atoms with E-state index in [1.807, 2.05) is 0 Å². The van der Waals surface area contributed by atoms with Crippen LogP contribution in [-0.2, 0) is 0 Å². The molecule has 1 amide bonds. The van der Waals surface area contributed by atoms with Gasteiger partial charge in [0.05, 0.1) is 11.8 Å². The molecular weight excluding hydrogens is 290 g/mol. The molecule has 0 aliphatic carbocycles. The van der Waals surface area contributed by atoms with Crippen LogP contribution in [0.4, 0.5) is 11.5 Å². The van der Waals surface area contributed by atoms with E-state index in [-0.39, 0.29) is 11.7 Å². The molecule has 0 atom stereocenters. The van der Waals surface area contributed by atoms with Crippen LogP contribution in [0.3, 0.4) is 0 Å². The summed E-state index contributed by atoms with van der Waals surface area (Å²) < 4.78 is 5.27. The molecule has 7 nitrogen and oxygen atoms in total. The van der Waals surface area contributed by atoms with Gasteiger partial charge in [-0.25, -0.2) is 10.8 Å². The first-order valence-electron chi connectivity index (χ1n) is 4.53. The molecule has 2 aromatic rings. The zero-order valence-corrected chi connectivity index (χ0v) is 10.1. The molecule has 2 heterocycles. The molecule has 0 aliphatic heterocycles. The summed E-state index contributed by atoms with van der Waals surface area (Å²) >= 11 is 3.23. The molecule has 0 unspecified atom stereocenters. The standard InChI is InChI=1S/C9H8BrN5O2/c10-5-1-7(8(15-11)12-2-5)9(16)14-6-3-13-17-4-6/h1-4H,11H2,(H,12,15)(H,14,16). The van der Waals surface area contributed by atoms with Crippen molar-refractivity contribution in [2.75, 3.05) is 10.7 Å². The van der Waals surface area contributed by atoms with Crippen molar-refractivity contribution in [2.24, 2.45) is 5.84 Å². The minimum atomic E-state index is -0.366. The maximum atomic E-state index is 11.9. The molecule has 0 spiro atoms. The Kier molecular flexibility index (Phi) is 3.35. The molecule has 0 bridgehead atoms. The van der Waals surface area contributed by atoms with Crippen molar-refractivity contribution in [3.05, 3.63) is 34.8 Å². The zero-order valence-electron chi connectivity index (χ0n) is 8.48. The fraction of sp³-hybridized carbons (Fsp3) is 0. The van der Waals surface area contributed by atoms with Crippen LogP contribution in [0.5, 0.6) is 0 Å². The van der Waals surface area contributed by atoms with E-state index in [9.17, 15) is 4.79 Å². The monoisotopic (exact) mass is 297 g/mol. The van der Waals surface area contributed by atoms with Gasteiger partial charge in [-0.2, -0.15) is 0 Å². The Balaban J connectivity index is 2.26. The number of hydrogen-bond donors (Lipinski definition) is 3. The first-order valence-corrected chi connectivity index (χ1v) is 5.33. The third-order valence-electron chi connectivity index (χ3n) is 1.93. The average Bonchev–Trinajstić information content (AvgIpc) is 2.81. The molecule has 88 valence electrons. The van der Waals surface area contributed by atoms with Gasteiger partial charge in [0.25, 0.3) is 5.91 Å². The molecule has 4 N–H and O–H groups in total. The highest BCUT2D eigenvalue weighted by Gasteiger charge is 2.13. The summed E-state index contributed by atoms with van der Waals surface area (Å²) in [6.45, 7) is 0. The van der Waals surface area contributed by atoms with Crippen molar-refractivity contribution in [1.82, 2.24) is 10.1 Å². The first kappa shape index (κ1) is 11.6. The van der Waals surface area contributed by atoms with Gasteiger partial charge in [0.15, 0.2) is 5.82 Å². The SMILES string of the molecule is NNc1ncc(Br)cc1C(=O)Nc1cnoc1. The molecule has 0 saturated heterocycles. The van der Waals surface area contributed by atoms with Gasteiger partial charge in [-0.05, 0) is 22.0 Å². The maximum Gasteiger partial charge on any atom is 0.259 e. The minimum Gasteiger partial charge on any atom is -0.363 e. The molecule has 2 aromatic heterocycles. The topological polar surface area (TPSA) is 106 Å². The van der Waals surface area contributed by atoms with Gasteiger partial charge < -0.3 is 15.3 Å². The van der Waals surface area contributed by atoms with Crippen LogP contribution in [0.1, 0.15) is 10.4 Å². The summed E-state index contributed by atoms with van der Waals surface area (Å²) in [5.74, 6) is 5.19. The van der Waals surface area contributed by atoms with Crippen molar-refractivity contribution in [3.63, 3.8) is 0 Å². The largest absolute Gasteiger partial charge is 0.363 e. The van der Waals surface area contributed by atoms with Crippen LogP contribution in [0.2, 0.25) is 0 Å². The number of aromatic nitrogens is 2. The normalized spacial score (nSPS) is 10.0. The van der Waals surface area contributed by atoms with Gasteiger partial charge in [-0.15, -0.1) is 0 Å². The van der Waals surface area contributed by atoms with E-state index < -0.39 is 0 Å². The number of carbonyl (C=O) groups excluding carboxylic acids is 1. The summed E-state index contributed by atoms with van der Waals surface area (Å²) in [6.07, 6.45) is 4.24. The van der Waals surface area contributed by atoms with Crippen molar-refractivity contribution in [2.45, 2.75) is 0 Å². The van der Waals surface area contributed by atoms with E-state index in [0.29, 0.717) is 15.7 Å². The Morgan fingerprint density at radius 1 is 1.47 bits per heavy atom.